The molecule has 3 rings (SSSR count). The maximum atomic E-state index is 12.5. The van der Waals surface area contributed by atoms with E-state index in [9.17, 15) is 13.2 Å². The second kappa shape index (κ2) is 8.46. The lowest BCUT2D eigenvalue weighted by molar-refractivity contribution is 0.0951. The summed E-state index contributed by atoms with van der Waals surface area (Å²) in [5, 5.41) is 3.36. The minimum absolute atomic E-state index is 0.159. The van der Waals surface area contributed by atoms with Crippen LogP contribution in [-0.2, 0) is 16.6 Å². The lowest BCUT2D eigenvalue weighted by atomic mass is 10.1. The predicted molar refractivity (Wildman–Crippen MR) is 111 cm³/mol. The summed E-state index contributed by atoms with van der Waals surface area (Å²) in [6.07, 6.45) is 0. The maximum absolute atomic E-state index is 12.5. The first kappa shape index (κ1) is 19.9. The highest BCUT2D eigenvalue weighted by molar-refractivity contribution is 7.92. The molecule has 0 aliphatic heterocycles. The van der Waals surface area contributed by atoms with E-state index in [1.54, 1.807) is 36.4 Å². The Hall–Kier alpha value is -2.83. The Bertz CT molecular complexity index is 1100. The highest BCUT2D eigenvalue weighted by Gasteiger charge is 2.15. The van der Waals surface area contributed by atoms with Crippen molar-refractivity contribution in [2.75, 3.05) is 4.72 Å². The van der Waals surface area contributed by atoms with Gasteiger partial charge in [-0.2, -0.15) is 0 Å². The molecule has 0 atom stereocenters. The maximum Gasteiger partial charge on any atom is 0.261 e. The molecule has 5 nitrogen and oxygen atoms in total. The number of aryl methyl sites for hydroxylation is 1. The Morgan fingerprint density at radius 2 is 1.68 bits per heavy atom. The van der Waals surface area contributed by atoms with Gasteiger partial charge in [-0.1, -0.05) is 53.6 Å². The number of anilines is 1. The van der Waals surface area contributed by atoms with Crippen molar-refractivity contribution in [1.29, 1.82) is 0 Å². The second-order valence-corrected chi connectivity index (χ2v) is 8.36. The normalized spacial score (nSPS) is 11.1. The van der Waals surface area contributed by atoms with Crippen LogP contribution in [0.1, 0.15) is 21.5 Å². The van der Waals surface area contributed by atoms with E-state index in [1.165, 1.54) is 18.2 Å². The average molecular weight is 415 g/mol. The van der Waals surface area contributed by atoms with Crippen LogP contribution >= 0.6 is 11.6 Å². The molecule has 144 valence electrons. The summed E-state index contributed by atoms with van der Waals surface area (Å²) >= 11 is 6.09. The van der Waals surface area contributed by atoms with E-state index in [1.807, 2.05) is 25.1 Å². The van der Waals surface area contributed by atoms with Crippen LogP contribution in [-0.4, -0.2) is 14.3 Å². The van der Waals surface area contributed by atoms with Crippen molar-refractivity contribution in [3.63, 3.8) is 0 Å². The Morgan fingerprint density at radius 1 is 0.964 bits per heavy atom. The van der Waals surface area contributed by atoms with Crippen LogP contribution in [0.5, 0.6) is 0 Å². The van der Waals surface area contributed by atoms with E-state index in [2.05, 4.69) is 10.0 Å². The molecule has 0 aromatic heterocycles. The van der Waals surface area contributed by atoms with E-state index in [0.29, 0.717) is 16.3 Å². The fourth-order valence-corrected chi connectivity index (χ4v) is 3.83. The molecule has 3 aromatic rings. The molecule has 2 N–H and O–H groups in total. The monoisotopic (exact) mass is 414 g/mol. The van der Waals surface area contributed by atoms with Crippen LogP contribution < -0.4 is 10.0 Å². The first-order valence-electron chi connectivity index (χ1n) is 8.56. The Labute approximate surface area is 169 Å². The van der Waals surface area contributed by atoms with Gasteiger partial charge >= 0.3 is 0 Å². The van der Waals surface area contributed by atoms with Gasteiger partial charge in [0.15, 0.2) is 0 Å². The number of carbonyl (C=O) groups excluding carboxylic acids is 1. The molecular weight excluding hydrogens is 396 g/mol. The molecule has 7 heteroatoms. The van der Waals surface area contributed by atoms with Crippen molar-refractivity contribution in [2.24, 2.45) is 0 Å². The van der Waals surface area contributed by atoms with E-state index in [0.717, 1.165) is 11.1 Å². The molecule has 28 heavy (non-hydrogen) atoms. The summed E-state index contributed by atoms with van der Waals surface area (Å²) in [6, 6.07) is 20.1. The summed E-state index contributed by atoms with van der Waals surface area (Å²) in [5.74, 6) is -0.323. The zero-order valence-corrected chi connectivity index (χ0v) is 16.7. The Balaban J connectivity index is 1.72. The summed E-state index contributed by atoms with van der Waals surface area (Å²) in [5.41, 5.74) is 2.42. The molecule has 0 saturated carbocycles. The minimum atomic E-state index is -3.73. The summed E-state index contributed by atoms with van der Waals surface area (Å²) in [4.78, 5) is 12.6. The van der Waals surface area contributed by atoms with Gasteiger partial charge in [-0.05, 0) is 48.9 Å². The van der Waals surface area contributed by atoms with Gasteiger partial charge in [-0.3, -0.25) is 9.52 Å². The topological polar surface area (TPSA) is 75.3 Å². The SMILES string of the molecule is Cc1ccc(S(=O)(=O)Nc2cccc(C(=O)NCc3ccccc3Cl)c2)cc1. The molecule has 0 aliphatic carbocycles. The third kappa shape index (κ3) is 4.91. The number of carbonyl (C=O) groups is 1. The van der Waals surface area contributed by atoms with Crippen LogP contribution in [0.4, 0.5) is 5.69 Å². The number of rotatable bonds is 6. The van der Waals surface area contributed by atoms with Crippen molar-refractivity contribution in [2.45, 2.75) is 18.4 Å². The minimum Gasteiger partial charge on any atom is -0.348 e. The highest BCUT2D eigenvalue weighted by Crippen LogP contribution is 2.18. The second-order valence-electron chi connectivity index (χ2n) is 6.27. The van der Waals surface area contributed by atoms with Gasteiger partial charge in [0.1, 0.15) is 0 Å². The van der Waals surface area contributed by atoms with Crippen molar-refractivity contribution < 1.29 is 13.2 Å². The number of sulfonamides is 1. The lowest BCUT2D eigenvalue weighted by Gasteiger charge is -2.11. The quantitative estimate of drug-likeness (QED) is 0.628. The molecule has 0 unspecified atom stereocenters. The molecule has 0 spiro atoms. The number of hydrogen-bond donors (Lipinski definition) is 2. The summed E-state index contributed by atoms with van der Waals surface area (Å²) in [7, 11) is -3.73. The molecule has 0 bridgehead atoms. The van der Waals surface area contributed by atoms with Crippen molar-refractivity contribution >= 4 is 33.2 Å². The van der Waals surface area contributed by atoms with Gasteiger partial charge in [0.05, 0.1) is 4.90 Å². The van der Waals surface area contributed by atoms with Gasteiger partial charge in [-0.15, -0.1) is 0 Å². The predicted octanol–water partition coefficient (Wildman–Crippen LogP) is 4.38. The molecule has 0 aliphatic rings. The van der Waals surface area contributed by atoms with Crippen LogP contribution in [0.2, 0.25) is 5.02 Å². The number of amides is 1. The molecule has 1 amide bonds. The van der Waals surface area contributed by atoms with E-state index >= 15 is 0 Å². The van der Waals surface area contributed by atoms with Crippen LogP contribution in [0, 0.1) is 6.92 Å². The van der Waals surface area contributed by atoms with Crippen molar-refractivity contribution in [1.82, 2.24) is 5.32 Å². The Kier molecular flexibility index (Phi) is 6.02. The smallest absolute Gasteiger partial charge is 0.261 e. The van der Waals surface area contributed by atoms with Crippen LogP contribution in [0.3, 0.4) is 0 Å². The summed E-state index contributed by atoms with van der Waals surface area (Å²) in [6.45, 7) is 2.16. The first-order valence-corrected chi connectivity index (χ1v) is 10.4. The fraction of sp³-hybridized carbons (Fsp3) is 0.0952. The van der Waals surface area contributed by atoms with Crippen LogP contribution in [0.15, 0.2) is 77.7 Å². The van der Waals surface area contributed by atoms with E-state index < -0.39 is 10.0 Å². The molecule has 0 heterocycles. The molecular formula is C21H19ClN2O3S. The van der Waals surface area contributed by atoms with Crippen molar-refractivity contribution in [3.05, 3.63) is 94.5 Å². The van der Waals surface area contributed by atoms with Crippen LogP contribution in [0.25, 0.3) is 0 Å². The van der Waals surface area contributed by atoms with Gasteiger partial charge in [0.2, 0.25) is 0 Å². The van der Waals surface area contributed by atoms with Gasteiger partial charge in [0, 0.05) is 22.8 Å². The number of benzene rings is 3. The van der Waals surface area contributed by atoms with Gasteiger partial charge in [0.25, 0.3) is 15.9 Å². The van der Waals surface area contributed by atoms with E-state index in [-0.39, 0.29) is 17.3 Å². The molecule has 0 fully saturated rings. The highest BCUT2D eigenvalue weighted by atomic mass is 35.5. The Morgan fingerprint density at radius 3 is 2.39 bits per heavy atom. The zero-order chi connectivity index (χ0) is 20.1. The zero-order valence-electron chi connectivity index (χ0n) is 15.1. The molecule has 0 saturated heterocycles. The van der Waals surface area contributed by atoms with Gasteiger partial charge in [-0.25, -0.2) is 8.42 Å². The third-order valence-corrected chi connectivity index (χ3v) is 5.87. The molecule has 3 aromatic carbocycles. The van der Waals surface area contributed by atoms with Crippen molar-refractivity contribution in [3.8, 4) is 0 Å². The average Bonchev–Trinajstić information content (AvgIpc) is 2.67. The van der Waals surface area contributed by atoms with Gasteiger partial charge < -0.3 is 5.32 Å². The first-order chi connectivity index (χ1) is 13.3. The number of halogens is 1. The largest absolute Gasteiger partial charge is 0.348 e. The summed E-state index contributed by atoms with van der Waals surface area (Å²) < 4.78 is 27.5. The lowest BCUT2D eigenvalue weighted by Crippen LogP contribution is -2.23. The standard InChI is InChI=1S/C21H19ClN2O3S/c1-15-9-11-19(12-10-15)28(26,27)24-18-7-4-6-16(13-18)21(25)23-14-17-5-2-3-8-20(17)22/h2-13,24H,14H2,1H3,(H,23,25). The number of nitrogens with one attached hydrogen (secondary N) is 2. The molecule has 0 radical (unpaired) electrons. The number of hydrogen-bond acceptors (Lipinski definition) is 3. The third-order valence-electron chi connectivity index (χ3n) is 4.11. The van der Waals surface area contributed by atoms with E-state index in [4.69, 9.17) is 11.6 Å². The fourth-order valence-electron chi connectivity index (χ4n) is 2.57.